The number of nitrogens with one attached hydrogen (secondary N) is 1. The maximum atomic E-state index is 13.0. The first-order chi connectivity index (χ1) is 15.3. The van der Waals surface area contributed by atoms with Crippen LogP contribution in [0.5, 0.6) is 0 Å². The third-order valence-electron chi connectivity index (χ3n) is 5.34. The van der Waals surface area contributed by atoms with Gasteiger partial charge < -0.3 is 10.2 Å². The number of pyridine rings is 1. The van der Waals surface area contributed by atoms with Crippen molar-refractivity contribution in [3.63, 3.8) is 0 Å². The summed E-state index contributed by atoms with van der Waals surface area (Å²) in [4.78, 5) is 26.8. The quantitative estimate of drug-likeness (QED) is 0.510. The standard InChI is InChI=1S/C24H28ClFN4O2/c1-16(2)13-18(17-6-8-19(25)9-7-17)15-27-23(31)20-5-4-11-30-22(20)14-21(28-30)24(32)29(3)12-10-26/h4-9,11,14,16,18H,10,12-13,15H2,1-3H3,(H,27,31). The molecule has 3 rings (SSSR count). The van der Waals surface area contributed by atoms with Gasteiger partial charge in [-0.2, -0.15) is 5.10 Å². The van der Waals surface area contributed by atoms with Gasteiger partial charge in [-0.05, 0) is 48.2 Å². The van der Waals surface area contributed by atoms with E-state index in [2.05, 4.69) is 24.3 Å². The molecule has 0 aliphatic rings. The Hall–Kier alpha value is -2.93. The molecule has 0 saturated heterocycles. The average molecular weight is 459 g/mol. The summed E-state index contributed by atoms with van der Waals surface area (Å²) in [6.45, 7) is 4.13. The van der Waals surface area contributed by atoms with E-state index in [1.807, 2.05) is 24.3 Å². The topological polar surface area (TPSA) is 66.7 Å². The van der Waals surface area contributed by atoms with Gasteiger partial charge in [-0.3, -0.25) is 9.59 Å². The van der Waals surface area contributed by atoms with E-state index in [1.165, 1.54) is 16.5 Å². The number of rotatable bonds is 9. The summed E-state index contributed by atoms with van der Waals surface area (Å²) in [7, 11) is 1.52. The predicted octanol–water partition coefficient (Wildman–Crippen LogP) is 4.59. The Morgan fingerprint density at radius 1 is 1.22 bits per heavy atom. The Balaban J connectivity index is 1.79. The second-order valence-corrected chi connectivity index (χ2v) is 8.72. The van der Waals surface area contributed by atoms with E-state index in [0.717, 1.165) is 12.0 Å². The van der Waals surface area contributed by atoms with Crippen molar-refractivity contribution in [2.45, 2.75) is 26.2 Å². The molecular weight excluding hydrogens is 431 g/mol. The van der Waals surface area contributed by atoms with Crippen LogP contribution < -0.4 is 5.32 Å². The van der Waals surface area contributed by atoms with Crippen molar-refractivity contribution in [2.24, 2.45) is 5.92 Å². The molecule has 0 saturated carbocycles. The fourth-order valence-electron chi connectivity index (χ4n) is 3.69. The van der Waals surface area contributed by atoms with Crippen LogP contribution in [0.3, 0.4) is 0 Å². The fraction of sp³-hybridized carbons (Fsp3) is 0.375. The van der Waals surface area contributed by atoms with Crippen LogP contribution in [0.1, 0.15) is 52.6 Å². The number of halogens is 2. The second kappa shape index (κ2) is 10.6. The molecule has 1 N–H and O–H groups in total. The van der Waals surface area contributed by atoms with Gasteiger partial charge in [0.25, 0.3) is 11.8 Å². The lowest BCUT2D eigenvalue weighted by Crippen LogP contribution is -2.29. The molecule has 0 bridgehead atoms. The maximum Gasteiger partial charge on any atom is 0.274 e. The third-order valence-corrected chi connectivity index (χ3v) is 5.59. The molecule has 2 heterocycles. The van der Waals surface area contributed by atoms with Crippen molar-refractivity contribution >= 4 is 28.9 Å². The lowest BCUT2D eigenvalue weighted by molar-refractivity contribution is 0.0779. The molecule has 1 aromatic carbocycles. The smallest absolute Gasteiger partial charge is 0.274 e. The molecule has 32 heavy (non-hydrogen) atoms. The van der Waals surface area contributed by atoms with Gasteiger partial charge in [0.05, 0.1) is 11.1 Å². The summed E-state index contributed by atoms with van der Waals surface area (Å²) in [5.41, 5.74) is 2.23. The number of benzene rings is 1. The summed E-state index contributed by atoms with van der Waals surface area (Å²) in [5.74, 6) is -0.0279. The van der Waals surface area contributed by atoms with Crippen molar-refractivity contribution in [3.05, 3.63) is 70.5 Å². The molecule has 0 spiro atoms. The monoisotopic (exact) mass is 458 g/mol. The Labute approximate surface area is 192 Å². The van der Waals surface area contributed by atoms with Crippen LogP contribution >= 0.6 is 11.6 Å². The molecule has 2 amide bonds. The molecule has 0 fully saturated rings. The number of amides is 2. The van der Waals surface area contributed by atoms with Crippen LogP contribution in [-0.2, 0) is 0 Å². The van der Waals surface area contributed by atoms with Crippen LogP contribution in [-0.4, -0.2) is 53.1 Å². The molecule has 0 aliphatic carbocycles. The molecule has 2 aromatic heterocycles. The number of nitrogens with zero attached hydrogens (tertiary/aromatic N) is 3. The first kappa shape index (κ1) is 23.7. The fourth-order valence-corrected chi connectivity index (χ4v) is 3.81. The number of hydrogen-bond donors (Lipinski definition) is 1. The minimum atomic E-state index is -0.631. The van der Waals surface area contributed by atoms with Gasteiger partial charge in [0.1, 0.15) is 6.67 Å². The lowest BCUT2D eigenvalue weighted by atomic mass is 9.90. The maximum absolute atomic E-state index is 13.0. The summed E-state index contributed by atoms with van der Waals surface area (Å²) in [5, 5.41) is 7.97. The van der Waals surface area contributed by atoms with Crippen molar-refractivity contribution < 1.29 is 14.0 Å². The number of aromatic nitrogens is 2. The van der Waals surface area contributed by atoms with Crippen molar-refractivity contribution in [2.75, 3.05) is 26.8 Å². The lowest BCUT2D eigenvalue weighted by Gasteiger charge is -2.20. The molecule has 3 aromatic rings. The van der Waals surface area contributed by atoms with Crippen LogP contribution in [0.4, 0.5) is 4.39 Å². The molecule has 6 nitrogen and oxygen atoms in total. The molecule has 0 aliphatic heterocycles. The van der Waals surface area contributed by atoms with Crippen molar-refractivity contribution in [1.82, 2.24) is 19.8 Å². The van der Waals surface area contributed by atoms with Crippen LogP contribution in [0.25, 0.3) is 5.52 Å². The first-order valence-electron chi connectivity index (χ1n) is 10.6. The molecule has 1 unspecified atom stereocenters. The molecule has 0 radical (unpaired) electrons. The summed E-state index contributed by atoms with van der Waals surface area (Å²) < 4.78 is 14.1. The zero-order valence-corrected chi connectivity index (χ0v) is 19.3. The van der Waals surface area contributed by atoms with E-state index in [9.17, 15) is 14.0 Å². The van der Waals surface area contributed by atoms with E-state index in [4.69, 9.17) is 11.6 Å². The Morgan fingerprint density at radius 3 is 2.59 bits per heavy atom. The van der Waals surface area contributed by atoms with Gasteiger partial charge >= 0.3 is 0 Å². The molecule has 8 heteroatoms. The number of fused-ring (bicyclic) bond motifs is 1. The highest BCUT2D eigenvalue weighted by Gasteiger charge is 2.20. The zero-order chi connectivity index (χ0) is 23.3. The Kier molecular flexibility index (Phi) is 7.85. The minimum Gasteiger partial charge on any atom is -0.351 e. The van der Waals surface area contributed by atoms with E-state index in [-0.39, 0.29) is 24.1 Å². The SMILES string of the molecule is CC(C)CC(CNC(=O)c1cccn2nc(C(=O)N(C)CCF)cc12)c1ccc(Cl)cc1. The van der Waals surface area contributed by atoms with Crippen LogP contribution in [0.2, 0.25) is 5.02 Å². The summed E-state index contributed by atoms with van der Waals surface area (Å²) >= 11 is 6.02. The number of carbonyl (C=O) groups excluding carboxylic acids is 2. The third kappa shape index (κ3) is 5.65. The average Bonchev–Trinajstić information content (AvgIpc) is 3.20. The number of hydrogen-bond acceptors (Lipinski definition) is 3. The second-order valence-electron chi connectivity index (χ2n) is 8.28. The van der Waals surface area contributed by atoms with Crippen molar-refractivity contribution in [1.29, 1.82) is 0 Å². The van der Waals surface area contributed by atoms with Gasteiger partial charge in [0.15, 0.2) is 5.69 Å². The highest BCUT2D eigenvalue weighted by Crippen LogP contribution is 2.25. The van der Waals surface area contributed by atoms with Crippen LogP contribution in [0.15, 0.2) is 48.7 Å². The van der Waals surface area contributed by atoms with E-state index >= 15 is 0 Å². The van der Waals surface area contributed by atoms with E-state index < -0.39 is 12.6 Å². The number of carbonyl (C=O) groups is 2. The highest BCUT2D eigenvalue weighted by atomic mass is 35.5. The summed E-state index contributed by atoms with van der Waals surface area (Å²) in [6.07, 6.45) is 2.59. The first-order valence-corrected chi connectivity index (χ1v) is 11.0. The normalized spacial score (nSPS) is 12.2. The minimum absolute atomic E-state index is 0.0119. The van der Waals surface area contributed by atoms with Gasteiger partial charge in [-0.25, -0.2) is 8.91 Å². The summed E-state index contributed by atoms with van der Waals surface area (Å²) in [6, 6.07) is 12.7. The Morgan fingerprint density at radius 2 is 1.94 bits per heavy atom. The van der Waals surface area contributed by atoms with Gasteiger partial charge in [0, 0.05) is 37.3 Å². The zero-order valence-electron chi connectivity index (χ0n) is 18.5. The predicted molar refractivity (Wildman–Crippen MR) is 124 cm³/mol. The van der Waals surface area contributed by atoms with Gasteiger partial charge in [-0.15, -0.1) is 0 Å². The number of alkyl halides is 1. The van der Waals surface area contributed by atoms with Gasteiger partial charge in [0.2, 0.25) is 0 Å². The molecule has 170 valence electrons. The largest absolute Gasteiger partial charge is 0.351 e. The van der Waals surface area contributed by atoms with E-state index in [1.54, 1.807) is 24.4 Å². The van der Waals surface area contributed by atoms with Crippen LogP contribution in [0, 0.1) is 5.92 Å². The van der Waals surface area contributed by atoms with E-state index in [0.29, 0.717) is 28.6 Å². The highest BCUT2D eigenvalue weighted by molar-refractivity contribution is 6.30. The van der Waals surface area contributed by atoms with Gasteiger partial charge in [-0.1, -0.05) is 37.6 Å². The molecular formula is C24H28ClFN4O2. The molecule has 1 atom stereocenters. The van der Waals surface area contributed by atoms with Crippen molar-refractivity contribution in [3.8, 4) is 0 Å². The Bertz CT molecular complexity index is 1080.